The maximum Gasteiger partial charge on any atom is 0.350 e. The number of sulfonamides is 1. The van der Waals surface area contributed by atoms with Crippen LogP contribution >= 0.6 is 0 Å². The molecular formula is C8H13F2NO4S. The number of alkyl halides is 2. The zero-order valence-corrected chi connectivity index (χ0v) is 9.38. The summed E-state index contributed by atoms with van der Waals surface area (Å²) >= 11 is 0. The average molecular weight is 257 g/mol. The number of rotatable bonds is 2. The summed E-state index contributed by atoms with van der Waals surface area (Å²) in [5.41, 5.74) is 0. The Morgan fingerprint density at radius 3 is 2.06 bits per heavy atom. The molecule has 2 rings (SSSR count). The van der Waals surface area contributed by atoms with Crippen molar-refractivity contribution in [3.8, 4) is 0 Å². The Morgan fingerprint density at radius 2 is 1.62 bits per heavy atom. The van der Waals surface area contributed by atoms with Gasteiger partial charge in [-0.05, 0) is 0 Å². The normalized spacial score (nSPS) is 26.7. The number of nitrogens with zero attached hydrogens (tertiary/aromatic N) is 1. The smallest absolute Gasteiger partial charge is 0.347 e. The summed E-state index contributed by atoms with van der Waals surface area (Å²) in [7, 11) is -4.46. The van der Waals surface area contributed by atoms with E-state index in [0.717, 1.165) is 4.31 Å². The van der Waals surface area contributed by atoms with Crippen molar-refractivity contribution < 1.29 is 26.7 Å². The summed E-state index contributed by atoms with van der Waals surface area (Å²) in [6, 6.07) is 0. The lowest BCUT2D eigenvalue weighted by atomic mass is 10.1. The van der Waals surface area contributed by atoms with Crippen LogP contribution in [0.4, 0.5) is 8.78 Å². The zero-order chi connectivity index (χ0) is 11.8. The molecule has 1 spiro atoms. The van der Waals surface area contributed by atoms with E-state index < -0.39 is 21.6 Å². The van der Waals surface area contributed by atoms with E-state index in [-0.39, 0.29) is 13.1 Å². The highest BCUT2D eigenvalue weighted by molar-refractivity contribution is 7.89. The van der Waals surface area contributed by atoms with Crippen LogP contribution in [0.15, 0.2) is 0 Å². The van der Waals surface area contributed by atoms with Crippen molar-refractivity contribution in [2.45, 2.75) is 24.4 Å². The number of hydrogen-bond donors (Lipinski definition) is 0. The second-order valence-corrected chi connectivity index (χ2v) is 5.71. The first-order valence-corrected chi connectivity index (χ1v) is 6.52. The van der Waals surface area contributed by atoms with Crippen molar-refractivity contribution in [1.82, 2.24) is 4.31 Å². The lowest BCUT2D eigenvalue weighted by molar-refractivity contribution is -0.179. The highest BCUT2D eigenvalue weighted by Gasteiger charge is 2.44. The fourth-order valence-electron chi connectivity index (χ4n) is 1.98. The Morgan fingerprint density at radius 1 is 1.12 bits per heavy atom. The molecule has 0 radical (unpaired) electrons. The minimum absolute atomic E-state index is 0.0205. The third kappa shape index (κ3) is 2.06. The molecule has 0 aromatic carbocycles. The molecule has 0 aliphatic carbocycles. The quantitative estimate of drug-likeness (QED) is 0.717. The zero-order valence-electron chi connectivity index (χ0n) is 8.56. The van der Waals surface area contributed by atoms with E-state index in [1.54, 1.807) is 0 Å². The first kappa shape index (κ1) is 12.2. The first-order chi connectivity index (χ1) is 7.46. The number of halogens is 2. The third-order valence-electron chi connectivity index (χ3n) is 2.88. The minimum atomic E-state index is -4.46. The van der Waals surface area contributed by atoms with Gasteiger partial charge in [0.05, 0.1) is 13.2 Å². The van der Waals surface area contributed by atoms with E-state index in [0.29, 0.717) is 26.1 Å². The molecule has 0 saturated carbocycles. The largest absolute Gasteiger partial charge is 0.350 e. The molecule has 2 aliphatic heterocycles. The Hall–Kier alpha value is -0.310. The fraction of sp³-hybridized carbons (Fsp3) is 1.00. The van der Waals surface area contributed by atoms with Crippen molar-refractivity contribution in [2.24, 2.45) is 0 Å². The molecule has 94 valence electrons. The molecule has 8 heteroatoms. The van der Waals surface area contributed by atoms with Crippen molar-refractivity contribution in [2.75, 3.05) is 26.3 Å². The molecule has 0 aromatic rings. The van der Waals surface area contributed by atoms with Crippen LogP contribution in [0.5, 0.6) is 0 Å². The predicted octanol–water partition coefficient (Wildman–Crippen LogP) is 0.378. The molecular weight excluding hydrogens is 244 g/mol. The van der Waals surface area contributed by atoms with Gasteiger partial charge in [-0.25, -0.2) is 8.42 Å². The first-order valence-electron chi connectivity index (χ1n) is 5.01. The Bertz CT molecular complexity index is 343. The fourth-order valence-corrected chi connectivity index (χ4v) is 2.90. The van der Waals surface area contributed by atoms with E-state index in [1.807, 2.05) is 0 Å². The standard InChI is InChI=1S/C8H13F2NO4S/c9-7(10)16(12,13)11-3-1-8(2-4-11)14-5-6-15-8/h7H,1-6H2. The van der Waals surface area contributed by atoms with Gasteiger partial charge in [0.2, 0.25) is 0 Å². The van der Waals surface area contributed by atoms with Crippen LogP contribution in [0.1, 0.15) is 12.8 Å². The second kappa shape index (κ2) is 4.17. The van der Waals surface area contributed by atoms with Crippen LogP contribution < -0.4 is 0 Å². The van der Waals surface area contributed by atoms with E-state index in [9.17, 15) is 17.2 Å². The van der Waals surface area contributed by atoms with Gasteiger partial charge < -0.3 is 9.47 Å². The van der Waals surface area contributed by atoms with Gasteiger partial charge in [-0.3, -0.25) is 0 Å². The maximum atomic E-state index is 12.3. The maximum absolute atomic E-state index is 12.3. The van der Waals surface area contributed by atoms with E-state index >= 15 is 0 Å². The van der Waals surface area contributed by atoms with Crippen LogP contribution in [0, 0.1) is 0 Å². The Kier molecular flexibility index (Phi) is 3.17. The van der Waals surface area contributed by atoms with Gasteiger partial charge in [-0.1, -0.05) is 0 Å². The van der Waals surface area contributed by atoms with Gasteiger partial charge in [0.15, 0.2) is 5.79 Å². The summed E-state index contributed by atoms with van der Waals surface area (Å²) in [5, 5.41) is 0. The molecule has 0 unspecified atom stereocenters. The van der Waals surface area contributed by atoms with Crippen molar-refractivity contribution in [1.29, 1.82) is 0 Å². The Labute approximate surface area is 92.4 Å². The molecule has 16 heavy (non-hydrogen) atoms. The Balaban J connectivity index is 2.00. The third-order valence-corrected chi connectivity index (χ3v) is 4.42. The van der Waals surface area contributed by atoms with Crippen LogP contribution in [0.25, 0.3) is 0 Å². The van der Waals surface area contributed by atoms with E-state index in [2.05, 4.69) is 0 Å². The number of piperidine rings is 1. The highest BCUT2D eigenvalue weighted by Crippen LogP contribution is 2.32. The van der Waals surface area contributed by atoms with Gasteiger partial charge >= 0.3 is 5.76 Å². The molecule has 0 N–H and O–H groups in total. The summed E-state index contributed by atoms with van der Waals surface area (Å²) < 4.78 is 58.5. The van der Waals surface area contributed by atoms with E-state index in [4.69, 9.17) is 9.47 Å². The highest BCUT2D eigenvalue weighted by atomic mass is 32.2. The summed E-state index contributed by atoms with van der Waals surface area (Å²) in [6.45, 7) is 0.989. The molecule has 0 bridgehead atoms. The van der Waals surface area contributed by atoms with Gasteiger partial charge in [0.25, 0.3) is 10.0 Å². The topological polar surface area (TPSA) is 55.8 Å². The minimum Gasteiger partial charge on any atom is -0.347 e. The molecule has 2 aliphatic rings. The van der Waals surface area contributed by atoms with Gasteiger partial charge in [0, 0.05) is 25.9 Å². The van der Waals surface area contributed by atoms with Gasteiger partial charge in [-0.2, -0.15) is 13.1 Å². The average Bonchev–Trinajstić information content (AvgIpc) is 2.67. The molecule has 0 amide bonds. The molecule has 0 atom stereocenters. The van der Waals surface area contributed by atoms with Crippen molar-refractivity contribution in [3.05, 3.63) is 0 Å². The SMILES string of the molecule is O=S(=O)(C(F)F)N1CCC2(CC1)OCCO2. The lowest BCUT2D eigenvalue weighted by Crippen LogP contribution is -2.48. The van der Waals surface area contributed by atoms with Crippen LogP contribution in [-0.4, -0.2) is 50.6 Å². The van der Waals surface area contributed by atoms with Crippen molar-refractivity contribution >= 4 is 10.0 Å². The monoisotopic (exact) mass is 257 g/mol. The molecule has 2 saturated heterocycles. The van der Waals surface area contributed by atoms with Crippen molar-refractivity contribution in [3.63, 3.8) is 0 Å². The molecule has 2 heterocycles. The van der Waals surface area contributed by atoms with Crippen LogP contribution in [-0.2, 0) is 19.5 Å². The second-order valence-electron chi connectivity index (χ2n) is 3.81. The summed E-state index contributed by atoms with van der Waals surface area (Å²) in [6.07, 6.45) is 0.609. The van der Waals surface area contributed by atoms with Gasteiger partial charge in [-0.15, -0.1) is 0 Å². The predicted molar refractivity (Wildman–Crippen MR) is 50.4 cm³/mol. The molecule has 0 aromatic heterocycles. The molecule has 5 nitrogen and oxygen atoms in total. The van der Waals surface area contributed by atoms with E-state index in [1.165, 1.54) is 0 Å². The van der Waals surface area contributed by atoms with Crippen LogP contribution in [0.3, 0.4) is 0 Å². The molecule has 2 fully saturated rings. The van der Waals surface area contributed by atoms with Crippen LogP contribution in [0.2, 0.25) is 0 Å². The number of ether oxygens (including phenoxy) is 2. The lowest BCUT2D eigenvalue weighted by Gasteiger charge is -2.36. The number of hydrogen-bond acceptors (Lipinski definition) is 4. The summed E-state index contributed by atoms with van der Waals surface area (Å²) in [4.78, 5) is 0. The summed E-state index contributed by atoms with van der Waals surface area (Å²) in [5.74, 6) is -4.10. The van der Waals surface area contributed by atoms with Gasteiger partial charge in [0.1, 0.15) is 0 Å².